The molecule has 4 heteroatoms. The van der Waals surface area contributed by atoms with Crippen molar-refractivity contribution in [3.63, 3.8) is 0 Å². The molecule has 0 radical (unpaired) electrons. The van der Waals surface area contributed by atoms with Gasteiger partial charge in [-0.3, -0.25) is 0 Å². The van der Waals surface area contributed by atoms with Crippen LogP contribution in [-0.2, 0) is 0 Å². The Balaban J connectivity index is 2.25. The van der Waals surface area contributed by atoms with E-state index in [-0.39, 0.29) is 0 Å². The van der Waals surface area contributed by atoms with Crippen molar-refractivity contribution in [2.45, 2.75) is 20.8 Å². The molecule has 0 spiro atoms. The predicted molar refractivity (Wildman–Crippen MR) is 92.7 cm³/mol. The number of methoxy groups -OCH3 is 2. The Labute approximate surface area is 135 Å². The van der Waals surface area contributed by atoms with Crippen molar-refractivity contribution in [2.75, 3.05) is 14.2 Å². The zero-order valence-corrected chi connectivity index (χ0v) is 14.1. The van der Waals surface area contributed by atoms with Crippen LogP contribution in [0.4, 0.5) is 0 Å². The predicted octanol–water partition coefficient (Wildman–Crippen LogP) is 4.48. The van der Waals surface area contributed by atoms with E-state index in [1.54, 1.807) is 14.2 Å². The van der Waals surface area contributed by atoms with Crippen LogP contribution in [0.5, 0.6) is 17.2 Å². The van der Waals surface area contributed by atoms with Crippen LogP contribution in [0, 0.1) is 20.8 Å². The molecule has 4 nitrogen and oxygen atoms in total. The van der Waals surface area contributed by atoms with Gasteiger partial charge in [-0.05, 0) is 61.2 Å². The standard InChI is InChI=1S/C19H21NO3/c1-10-6-13(7-11(2)19(10)21)18-12(3)14-8-16(22-4)17(23-5)9-15(14)20-18/h6-9,20-21H,1-5H3. The van der Waals surface area contributed by atoms with Gasteiger partial charge in [-0.2, -0.15) is 0 Å². The summed E-state index contributed by atoms with van der Waals surface area (Å²) in [4.78, 5) is 3.46. The largest absolute Gasteiger partial charge is 0.507 e. The lowest BCUT2D eigenvalue weighted by Gasteiger charge is -2.08. The number of phenolic OH excluding ortho intramolecular Hbond substituents is 1. The van der Waals surface area contributed by atoms with Crippen LogP contribution in [0.2, 0.25) is 0 Å². The highest BCUT2D eigenvalue weighted by atomic mass is 16.5. The van der Waals surface area contributed by atoms with E-state index in [4.69, 9.17) is 9.47 Å². The molecular formula is C19H21NO3. The molecule has 0 fully saturated rings. The number of benzene rings is 2. The molecule has 3 aromatic rings. The fraction of sp³-hybridized carbons (Fsp3) is 0.263. The van der Waals surface area contributed by atoms with Crippen LogP contribution in [0.25, 0.3) is 22.2 Å². The number of nitrogens with one attached hydrogen (secondary N) is 1. The molecule has 0 unspecified atom stereocenters. The van der Waals surface area contributed by atoms with Crippen LogP contribution in [0.1, 0.15) is 16.7 Å². The van der Waals surface area contributed by atoms with Crippen molar-refractivity contribution in [1.29, 1.82) is 0 Å². The van der Waals surface area contributed by atoms with Gasteiger partial charge in [0, 0.05) is 17.1 Å². The van der Waals surface area contributed by atoms with E-state index in [9.17, 15) is 5.11 Å². The van der Waals surface area contributed by atoms with Gasteiger partial charge in [0.15, 0.2) is 11.5 Å². The van der Waals surface area contributed by atoms with E-state index in [1.165, 1.54) is 0 Å². The minimum Gasteiger partial charge on any atom is -0.507 e. The summed E-state index contributed by atoms with van der Waals surface area (Å²) in [6, 6.07) is 7.93. The maximum Gasteiger partial charge on any atom is 0.162 e. The van der Waals surface area contributed by atoms with E-state index in [1.807, 2.05) is 38.1 Å². The summed E-state index contributed by atoms with van der Waals surface area (Å²) in [5.41, 5.74) is 5.98. The van der Waals surface area contributed by atoms with E-state index in [0.29, 0.717) is 17.2 Å². The number of aromatic amines is 1. The molecule has 0 saturated heterocycles. The van der Waals surface area contributed by atoms with Crippen LogP contribution >= 0.6 is 0 Å². The van der Waals surface area contributed by atoms with E-state index in [0.717, 1.165) is 38.9 Å². The minimum absolute atomic E-state index is 0.353. The molecule has 1 aromatic heterocycles. The van der Waals surface area contributed by atoms with Gasteiger partial charge in [-0.25, -0.2) is 0 Å². The van der Waals surface area contributed by atoms with Gasteiger partial charge >= 0.3 is 0 Å². The topological polar surface area (TPSA) is 54.5 Å². The highest BCUT2D eigenvalue weighted by Gasteiger charge is 2.15. The average molecular weight is 311 g/mol. The van der Waals surface area contributed by atoms with Crippen molar-refractivity contribution in [1.82, 2.24) is 4.98 Å². The minimum atomic E-state index is 0.353. The summed E-state index contributed by atoms with van der Waals surface area (Å²) < 4.78 is 10.8. The highest BCUT2D eigenvalue weighted by Crippen LogP contribution is 2.38. The lowest BCUT2D eigenvalue weighted by molar-refractivity contribution is 0.356. The van der Waals surface area contributed by atoms with Crippen LogP contribution in [-0.4, -0.2) is 24.3 Å². The number of aromatic nitrogens is 1. The second kappa shape index (κ2) is 5.54. The molecule has 0 atom stereocenters. The molecule has 120 valence electrons. The SMILES string of the molecule is COc1cc2[nH]c(-c3cc(C)c(O)c(C)c3)c(C)c2cc1OC. The number of hydrogen-bond donors (Lipinski definition) is 2. The summed E-state index contributed by atoms with van der Waals surface area (Å²) in [7, 11) is 3.27. The Morgan fingerprint density at radius 1 is 0.870 bits per heavy atom. The molecule has 0 amide bonds. The van der Waals surface area contributed by atoms with Gasteiger partial charge in [-0.1, -0.05) is 0 Å². The fourth-order valence-corrected chi connectivity index (χ4v) is 3.04. The maximum absolute atomic E-state index is 9.98. The second-order valence-electron chi connectivity index (χ2n) is 5.84. The first-order valence-corrected chi connectivity index (χ1v) is 7.51. The molecule has 0 aliphatic carbocycles. The summed E-state index contributed by atoms with van der Waals surface area (Å²) in [5.74, 6) is 1.77. The first kappa shape index (κ1) is 15.3. The summed E-state index contributed by atoms with van der Waals surface area (Å²) in [6.45, 7) is 5.91. The van der Waals surface area contributed by atoms with E-state index >= 15 is 0 Å². The molecule has 0 aliphatic rings. The Morgan fingerprint density at radius 3 is 2.00 bits per heavy atom. The van der Waals surface area contributed by atoms with E-state index < -0.39 is 0 Å². The van der Waals surface area contributed by atoms with Gasteiger partial charge < -0.3 is 19.6 Å². The van der Waals surface area contributed by atoms with Gasteiger partial charge in [0.2, 0.25) is 0 Å². The monoisotopic (exact) mass is 311 g/mol. The molecule has 0 saturated carbocycles. The highest BCUT2D eigenvalue weighted by molar-refractivity contribution is 5.93. The molecule has 23 heavy (non-hydrogen) atoms. The van der Waals surface area contributed by atoms with Gasteiger partial charge in [0.1, 0.15) is 5.75 Å². The smallest absolute Gasteiger partial charge is 0.162 e. The average Bonchev–Trinajstić information content (AvgIpc) is 2.87. The molecule has 3 rings (SSSR count). The van der Waals surface area contributed by atoms with E-state index in [2.05, 4.69) is 11.9 Å². The number of ether oxygens (including phenoxy) is 2. The zero-order chi connectivity index (χ0) is 16.7. The van der Waals surface area contributed by atoms with Crippen molar-refractivity contribution in [3.05, 3.63) is 41.0 Å². The number of fused-ring (bicyclic) bond motifs is 1. The number of aryl methyl sites for hydroxylation is 3. The first-order valence-electron chi connectivity index (χ1n) is 7.51. The Bertz CT molecular complexity index is 870. The summed E-state index contributed by atoms with van der Waals surface area (Å²) in [6.07, 6.45) is 0. The van der Waals surface area contributed by atoms with Gasteiger partial charge in [0.25, 0.3) is 0 Å². The lowest BCUT2D eigenvalue weighted by Crippen LogP contribution is -1.90. The molecule has 2 aromatic carbocycles. The zero-order valence-electron chi connectivity index (χ0n) is 14.1. The molecule has 0 bridgehead atoms. The Hall–Kier alpha value is -2.62. The molecular weight excluding hydrogens is 290 g/mol. The normalized spacial score (nSPS) is 11.0. The Morgan fingerprint density at radius 2 is 1.43 bits per heavy atom. The summed E-state index contributed by atoms with van der Waals surface area (Å²) in [5, 5.41) is 11.1. The second-order valence-corrected chi connectivity index (χ2v) is 5.84. The number of aromatic hydroxyl groups is 1. The third-order valence-electron chi connectivity index (χ3n) is 4.34. The molecule has 2 N–H and O–H groups in total. The van der Waals surface area contributed by atoms with Crippen molar-refractivity contribution >= 4 is 10.9 Å². The van der Waals surface area contributed by atoms with Crippen molar-refractivity contribution in [3.8, 4) is 28.5 Å². The molecule has 1 heterocycles. The quantitative estimate of drug-likeness (QED) is 0.749. The van der Waals surface area contributed by atoms with Gasteiger partial charge in [0.05, 0.1) is 19.7 Å². The fourth-order valence-electron chi connectivity index (χ4n) is 3.04. The van der Waals surface area contributed by atoms with Crippen LogP contribution in [0.15, 0.2) is 24.3 Å². The van der Waals surface area contributed by atoms with Crippen molar-refractivity contribution < 1.29 is 14.6 Å². The Kier molecular flexibility index (Phi) is 3.68. The third kappa shape index (κ3) is 2.40. The van der Waals surface area contributed by atoms with Crippen LogP contribution in [0.3, 0.4) is 0 Å². The number of hydrogen-bond acceptors (Lipinski definition) is 3. The molecule has 0 aliphatic heterocycles. The van der Waals surface area contributed by atoms with Crippen molar-refractivity contribution in [2.24, 2.45) is 0 Å². The lowest BCUT2D eigenvalue weighted by atomic mass is 10.0. The maximum atomic E-state index is 9.98. The van der Waals surface area contributed by atoms with Gasteiger partial charge in [-0.15, -0.1) is 0 Å². The number of rotatable bonds is 3. The first-order chi connectivity index (χ1) is 11.0. The summed E-state index contributed by atoms with van der Waals surface area (Å²) >= 11 is 0. The number of phenols is 1. The third-order valence-corrected chi connectivity index (χ3v) is 4.34. The number of H-pyrrole nitrogens is 1. The van der Waals surface area contributed by atoms with Crippen LogP contribution < -0.4 is 9.47 Å².